The van der Waals surface area contributed by atoms with Crippen LogP contribution in [0.25, 0.3) is 0 Å². The van der Waals surface area contributed by atoms with Crippen LogP contribution in [-0.2, 0) is 9.53 Å². The predicted molar refractivity (Wildman–Crippen MR) is 33.7 cm³/mol. The van der Waals surface area contributed by atoms with Crippen molar-refractivity contribution in [1.82, 2.24) is 0 Å². The van der Waals surface area contributed by atoms with Crippen LogP contribution in [0.3, 0.4) is 0 Å². The Bertz CT molecular complexity index is 180. The van der Waals surface area contributed by atoms with Crippen LogP contribution in [-0.4, -0.2) is 12.1 Å². The maximum Gasteiger partial charge on any atom is 0.412 e. The molecule has 0 bridgehead atoms. The molecule has 0 saturated carbocycles. The molecule has 0 rings (SSSR count). The molecule has 0 aromatic heterocycles. The van der Waals surface area contributed by atoms with E-state index < -0.39 is 12.1 Å². The van der Waals surface area contributed by atoms with Gasteiger partial charge in [-0.05, 0) is 0 Å². The molecule has 0 aromatic carbocycles. The summed E-state index contributed by atoms with van der Waals surface area (Å²) in [5.74, 6) is 1.53. The minimum absolute atomic E-state index is 0.0272. The van der Waals surface area contributed by atoms with Crippen molar-refractivity contribution in [2.24, 2.45) is 5.73 Å². The summed E-state index contributed by atoms with van der Waals surface area (Å²) in [6, 6.07) is 0. The second-order valence-corrected chi connectivity index (χ2v) is 1.50. The average molecular weight is 141 g/mol. The number of amides is 1. The van der Waals surface area contributed by atoms with Crippen LogP contribution in [0.1, 0.15) is 12.8 Å². The summed E-state index contributed by atoms with van der Waals surface area (Å²) in [6.45, 7) is 0. The Morgan fingerprint density at radius 2 is 2.20 bits per heavy atom. The van der Waals surface area contributed by atoms with Gasteiger partial charge in [0.1, 0.15) is 0 Å². The maximum absolute atomic E-state index is 10.4. The Morgan fingerprint density at radius 3 is 2.60 bits per heavy atom. The van der Waals surface area contributed by atoms with E-state index in [1.54, 1.807) is 0 Å². The number of hydrogen-bond donors (Lipinski definition) is 1. The summed E-state index contributed by atoms with van der Waals surface area (Å²) in [4.78, 5) is 20.3. The van der Waals surface area contributed by atoms with Crippen LogP contribution >= 0.6 is 0 Å². The van der Waals surface area contributed by atoms with Gasteiger partial charge in [0.25, 0.3) is 0 Å². The van der Waals surface area contributed by atoms with Crippen LogP contribution in [0.15, 0.2) is 0 Å². The van der Waals surface area contributed by atoms with E-state index in [1.807, 2.05) is 0 Å². The number of carbonyl (C=O) groups excluding carboxylic acids is 2. The Balaban J connectivity index is 3.47. The molecule has 0 aliphatic carbocycles. The highest BCUT2D eigenvalue weighted by Crippen LogP contribution is 1.89. The highest BCUT2D eigenvalue weighted by Gasteiger charge is 2.03. The normalized spacial score (nSPS) is 7.90. The second kappa shape index (κ2) is 4.39. The second-order valence-electron chi connectivity index (χ2n) is 1.50. The van der Waals surface area contributed by atoms with Gasteiger partial charge >= 0.3 is 12.1 Å². The first-order valence-electron chi connectivity index (χ1n) is 2.60. The van der Waals surface area contributed by atoms with Crippen LogP contribution in [0.4, 0.5) is 4.79 Å². The summed E-state index contributed by atoms with van der Waals surface area (Å²) in [5.41, 5.74) is 4.53. The smallest absolute Gasteiger partial charge is 0.376 e. The fourth-order valence-corrected chi connectivity index (χ4v) is 0.337. The van der Waals surface area contributed by atoms with Crippen molar-refractivity contribution in [3.8, 4) is 12.3 Å². The topological polar surface area (TPSA) is 69.4 Å². The number of esters is 1. The highest BCUT2D eigenvalue weighted by molar-refractivity contribution is 5.83. The van der Waals surface area contributed by atoms with Gasteiger partial charge in [0.15, 0.2) is 0 Å². The Kier molecular flexibility index (Phi) is 3.73. The molecular weight excluding hydrogens is 134 g/mol. The van der Waals surface area contributed by atoms with Crippen molar-refractivity contribution < 1.29 is 14.3 Å². The lowest BCUT2D eigenvalue weighted by Crippen LogP contribution is -2.17. The van der Waals surface area contributed by atoms with Gasteiger partial charge in [0, 0.05) is 6.42 Å². The van der Waals surface area contributed by atoms with Crippen LogP contribution in [0, 0.1) is 12.3 Å². The van der Waals surface area contributed by atoms with Gasteiger partial charge < -0.3 is 10.5 Å². The molecule has 54 valence electrons. The van der Waals surface area contributed by atoms with Crippen molar-refractivity contribution in [1.29, 1.82) is 0 Å². The third kappa shape index (κ3) is 4.65. The van der Waals surface area contributed by atoms with E-state index in [4.69, 9.17) is 6.42 Å². The van der Waals surface area contributed by atoms with E-state index >= 15 is 0 Å². The zero-order valence-corrected chi connectivity index (χ0v) is 5.29. The predicted octanol–water partition coefficient (Wildman–Crippen LogP) is 0.0217. The lowest BCUT2D eigenvalue weighted by Gasteiger charge is -1.94. The van der Waals surface area contributed by atoms with Gasteiger partial charge in [-0.1, -0.05) is 0 Å². The van der Waals surface area contributed by atoms with Crippen molar-refractivity contribution in [3.63, 3.8) is 0 Å². The molecule has 0 spiro atoms. The molecule has 0 aliphatic rings. The molecule has 0 unspecified atom stereocenters. The van der Waals surface area contributed by atoms with E-state index in [1.165, 1.54) is 0 Å². The van der Waals surface area contributed by atoms with Gasteiger partial charge in [0.05, 0.1) is 6.42 Å². The zero-order chi connectivity index (χ0) is 7.98. The van der Waals surface area contributed by atoms with E-state index in [2.05, 4.69) is 16.4 Å². The number of rotatable bonds is 2. The largest absolute Gasteiger partial charge is 0.412 e. The molecule has 0 radical (unpaired) electrons. The van der Waals surface area contributed by atoms with Gasteiger partial charge in [-0.15, -0.1) is 12.3 Å². The molecule has 0 saturated heterocycles. The fraction of sp³-hybridized carbons (Fsp3) is 0.333. The average Bonchev–Trinajstić information content (AvgIpc) is 1.82. The molecule has 0 heterocycles. The van der Waals surface area contributed by atoms with Crippen molar-refractivity contribution >= 4 is 12.1 Å². The van der Waals surface area contributed by atoms with Gasteiger partial charge in [-0.3, -0.25) is 4.79 Å². The number of primary amides is 1. The first kappa shape index (κ1) is 8.50. The quantitative estimate of drug-likeness (QED) is 0.335. The monoisotopic (exact) mass is 141 g/mol. The molecule has 10 heavy (non-hydrogen) atoms. The van der Waals surface area contributed by atoms with Crippen LogP contribution in [0.2, 0.25) is 0 Å². The third-order valence-corrected chi connectivity index (χ3v) is 0.688. The highest BCUT2D eigenvalue weighted by atomic mass is 16.6. The van der Waals surface area contributed by atoms with Gasteiger partial charge in [0.2, 0.25) is 0 Å². The first-order valence-corrected chi connectivity index (χ1v) is 2.60. The molecule has 2 N–H and O–H groups in total. The molecule has 0 aromatic rings. The number of nitrogens with two attached hydrogens (primary N) is 1. The van der Waals surface area contributed by atoms with Gasteiger partial charge in [-0.25, -0.2) is 4.79 Å². The Hall–Kier alpha value is -1.50. The third-order valence-electron chi connectivity index (χ3n) is 0.688. The van der Waals surface area contributed by atoms with Crippen LogP contribution < -0.4 is 5.73 Å². The molecule has 0 aliphatic heterocycles. The lowest BCUT2D eigenvalue weighted by atomic mass is 10.3. The summed E-state index contributed by atoms with van der Waals surface area (Å²) < 4.78 is 3.96. The Morgan fingerprint density at radius 1 is 1.60 bits per heavy atom. The zero-order valence-electron chi connectivity index (χ0n) is 5.29. The SMILES string of the molecule is C#CCCC(=O)OC(N)=O. The van der Waals surface area contributed by atoms with E-state index in [9.17, 15) is 9.59 Å². The minimum atomic E-state index is -1.10. The number of hydrogen-bond acceptors (Lipinski definition) is 3. The summed E-state index contributed by atoms with van der Waals surface area (Å²) in [6.07, 6.45) is 4.02. The standard InChI is InChI=1S/C6H7NO3/c1-2-3-4-5(8)10-6(7)9/h1H,3-4H2,(H2,7,9). The summed E-state index contributed by atoms with van der Waals surface area (Å²) in [5, 5.41) is 0. The first-order chi connectivity index (χ1) is 4.66. The number of ether oxygens (including phenoxy) is 1. The van der Waals surface area contributed by atoms with Crippen LogP contribution in [0.5, 0.6) is 0 Å². The molecule has 1 amide bonds. The molecule has 0 fully saturated rings. The number of terminal acetylenes is 1. The molecular formula is C6H7NO3. The van der Waals surface area contributed by atoms with E-state index in [0.29, 0.717) is 0 Å². The maximum atomic E-state index is 10.4. The van der Waals surface area contributed by atoms with Crippen molar-refractivity contribution in [3.05, 3.63) is 0 Å². The van der Waals surface area contributed by atoms with Crippen molar-refractivity contribution in [2.75, 3.05) is 0 Å². The summed E-state index contributed by atoms with van der Waals surface area (Å²) in [7, 11) is 0. The minimum Gasteiger partial charge on any atom is -0.376 e. The molecule has 0 atom stereocenters. The lowest BCUT2D eigenvalue weighted by molar-refractivity contribution is -0.136. The van der Waals surface area contributed by atoms with Gasteiger partial charge in [-0.2, -0.15) is 0 Å². The summed E-state index contributed by atoms with van der Waals surface area (Å²) >= 11 is 0. The number of carbonyl (C=O) groups is 2. The van der Waals surface area contributed by atoms with Crippen molar-refractivity contribution in [2.45, 2.75) is 12.8 Å². The van der Waals surface area contributed by atoms with E-state index in [0.717, 1.165) is 0 Å². The molecule has 4 nitrogen and oxygen atoms in total. The fourth-order valence-electron chi connectivity index (χ4n) is 0.337. The molecule has 4 heteroatoms. The Labute approximate surface area is 58.3 Å². The van der Waals surface area contributed by atoms with E-state index in [-0.39, 0.29) is 12.8 Å².